The summed E-state index contributed by atoms with van der Waals surface area (Å²) in [7, 11) is 1.99. The molecule has 2 rings (SSSR count). The van der Waals surface area contributed by atoms with Gasteiger partial charge >= 0.3 is 5.97 Å². The second kappa shape index (κ2) is 3.70. The number of rotatable bonds is 3. The highest BCUT2D eigenvalue weighted by Crippen LogP contribution is 2.32. The third kappa shape index (κ3) is 1.83. The van der Waals surface area contributed by atoms with Gasteiger partial charge in [-0.2, -0.15) is 0 Å². The lowest BCUT2D eigenvalue weighted by Gasteiger charge is -2.20. The van der Waals surface area contributed by atoms with Crippen molar-refractivity contribution in [2.45, 2.75) is 25.8 Å². The first-order valence-corrected chi connectivity index (χ1v) is 5.37. The summed E-state index contributed by atoms with van der Waals surface area (Å²) in [5.74, 6) is -0.966. The fourth-order valence-corrected chi connectivity index (χ4v) is 1.83. The molecule has 1 aromatic carbocycles. The number of nitrogens with zero attached hydrogens (tertiary/aromatic N) is 1. The second-order valence-corrected chi connectivity index (χ2v) is 4.37. The number of carboxylic acid groups (broad SMARTS) is 1. The minimum Gasteiger partial charge on any atom is -0.478 e. The topological polar surface area (TPSA) is 66.6 Å². The van der Waals surface area contributed by atoms with E-state index < -0.39 is 5.97 Å². The molecule has 1 aliphatic rings. The first-order valence-electron chi connectivity index (χ1n) is 5.37. The van der Waals surface area contributed by atoms with Gasteiger partial charge in [-0.1, -0.05) is 0 Å². The van der Waals surface area contributed by atoms with E-state index in [9.17, 15) is 4.79 Å². The standard InChI is InChI=1S/C12H16N2O2/c1-7-5-9(14(2)8-3-4-8)6-10(11(7)13)12(15)16/h5-6,8H,3-4,13H2,1-2H3,(H,15,16). The molecule has 0 bridgehead atoms. The zero-order chi connectivity index (χ0) is 11.9. The summed E-state index contributed by atoms with van der Waals surface area (Å²) in [5.41, 5.74) is 8.06. The van der Waals surface area contributed by atoms with Crippen LogP contribution in [0, 0.1) is 6.92 Å². The van der Waals surface area contributed by atoms with E-state index in [-0.39, 0.29) is 5.56 Å². The molecule has 0 aliphatic heterocycles. The molecule has 3 N–H and O–H groups in total. The molecule has 0 saturated heterocycles. The van der Waals surface area contributed by atoms with Crippen LogP contribution in [0.4, 0.5) is 11.4 Å². The Balaban J connectivity index is 2.43. The van der Waals surface area contributed by atoms with E-state index in [1.807, 2.05) is 20.0 Å². The average molecular weight is 220 g/mol. The fourth-order valence-electron chi connectivity index (χ4n) is 1.83. The van der Waals surface area contributed by atoms with Gasteiger partial charge in [-0.15, -0.1) is 0 Å². The van der Waals surface area contributed by atoms with E-state index in [2.05, 4.69) is 4.90 Å². The Kier molecular flexibility index (Phi) is 2.50. The van der Waals surface area contributed by atoms with Crippen LogP contribution in [0.5, 0.6) is 0 Å². The molecule has 1 aliphatic carbocycles. The number of benzene rings is 1. The molecule has 1 aromatic rings. The summed E-state index contributed by atoms with van der Waals surface area (Å²) >= 11 is 0. The Morgan fingerprint density at radius 1 is 1.50 bits per heavy atom. The van der Waals surface area contributed by atoms with Gasteiger partial charge < -0.3 is 15.7 Å². The van der Waals surface area contributed by atoms with Crippen molar-refractivity contribution >= 4 is 17.3 Å². The van der Waals surface area contributed by atoms with Crippen LogP contribution in [-0.4, -0.2) is 24.2 Å². The third-order valence-corrected chi connectivity index (χ3v) is 3.10. The normalized spacial score (nSPS) is 14.9. The molecule has 0 unspecified atom stereocenters. The molecule has 1 saturated carbocycles. The maximum absolute atomic E-state index is 11.0. The molecular formula is C12H16N2O2. The van der Waals surface area contributed by atoms with E-state index in [4.69, 9.17) is 10.8 Å². The van der Waals surface area contributed by atoms with Crippen molar-refractivity contribution in [3.63, 3.8) is 0 Å². The lowest BCUT2D eigenvalue weighted by molar-refractivity contribution is 0.0698. The highest BCUT2D eigenvalue weighted by Gasteiger charge is 2.27. The number of aromatic carboxylic acids is 1. The summed E-state index contributed by atoms with van der Waals surface area (Å²) in [5, 5.41) is 9.05. The largest absolute Gasteiger partial charge is 0.478 e. The second-order valence-electron chi connectivity index (χ2n) is 4.37. The van der Waals surface area contributed by atoms with Gasteiger partial charge in [0.05, 0.1) is 5.56 Å². The molecule has 0 aromatic heterocycles. The number of hydrogen-bond acceptors (Lipinski definition) is 3. The molecule has 0 amide bonds. The van der Waals surface area contributed by atoms with Crippen molar-refractivity contribution in [2.24, 2.45) is 0 Å². The molecule has 0 atom stereocenters. The number of carboxylic acids is 1. The third-order valence-electron chi connectivity index (χ3n) is 3.10. The summed E-state index contributed by atoms with van der Waals surface area (Å²) in [6.45, 7) is 1.84. The molecule has 86 valence electrons. The number of nitrogen functional groups attached to an aromatic ring is 1. The molecule has 4 nitrogen and oxygen atoms in total. The van der Waals surface area contributed by atoms with Gasteiger partial charge in [0.2, 0.25) is 0 Å². The monoisotopic (exact) mass is 220 g/mol. The number of nitrogens with two attached hydrogens (primary N) is 1. The summed E-state index contributed by atoms with van der Waals surface area (Å²) in [6, 6.07) is 4.16. The highest BCUT2D eigenvalue weighted by molar-refractivity contribution is 5.95. The van der Waals surface area contributed by atoms with Crippen LogP contribution in [0.25, 0.3) is 0 Å². The van der Waals surface area contributed by atoms with Crippen molar-refractivity contribution in [1.82, 2.24) is 0 Å². The van der Waals surface area contributed by atoms with Gasteiger partial charge in [-0.25, -0.2) is 4.79 Å². The maximum atomic E-state index is 11.0. The summed E-state index contributed by atoms with van der Waals surface area (Å²) in [6.07, 6.45) is 2.37. The van der Waals surface area contributed by atoms with E-state index in [0.29, 0.717) is 11.7 Å². The van der Waals surface area contributed by atoms with Crippen molar-refractivity contribution in [3.05, 3.63) is 23.3 Å². The van der Waals surface area contributed by atoms with Crippen LogP contribution >= 0.6 is 0 Å². The number of anilines is 2. The highest BCUT2D eigenvalue weighted by atomic mass is 16.4. The zero-order valence-corrected chi connectivity index (χ0v) is 9.53. The van der Waals surface area contributed by atoms with Crippen LogP contribution in [0.1, 0.15) is 28.8 Å². The Bertz CT molecular complexity index is 439. The molecular weight excluding hydrogens is 204 g/mol. The molecule has 0 radical (unpaired) electrons. The van der Waals surface area contributed by atoms with Crippen LogP contribution in [0.3, 0.4) is 0 Å². The number of hydrogen-bond donors (Lipinski definition) is 2. The van der Waals surface area contributed by atoms with Crippen molar-refractivity contribution in [1.29, 1.82) is 0 Å². The molecule has 16 heavy (non-hydrogen) atoms. The number of carbonyl (C=O) groups is 1. The van der Waals surface area contributed by atoms with Crippen LogP contribution in [0.2, 0.25) is 0 Å². The van der Waals surface area contributed by atoms with Gasteiger partial charge in [-0.05, 0) is 37.5 Å². The predicted molar refractivity (Wildman–Crippen MR) is 64.0 cm³/mol. The summed E-state index contributed by atoms with van der Waals surface area (Å²) in [4.78, 5) is 13.2. The minimum atomic E-state index is -0.966. The van der Waals surface area contributed by atoms with E-state index >= 15 is 0 Å². The molecule has 0 spiro atoms. The average Bonchev–Trinajstić information content (AvgIpc) is 3.03. The van der Waals surface area contributed by atoms with Crippen LogP contribution in [-0.2, 0) is 0 Å². The Morgan fingerprint density at radius 3 is 2.62 bits per heavy atom. The van der Waals surface area contributed by atoms with Crippen LogP contribution < -0.4 is 10.6 Å². The van der Waals surface area contributed by atoms with Gasteiger partial charge in [-0.3, -0.25) is 0 Å². The smallest absolute Gasteiger partial charge is 0.337 e. The molecule has 4 heteroatoms. The van der Waals surface area contributed by atoms with E-state index in [0.717, 1.165) is 11.3 Å². The van der Waals surface area contributed by atoms with Crippen LogP contribution in [0.15, 0.2) is 12.1 Å². The Labute approximate surface area is 94.7 Å². The Morgan fingerprint density at radius 2 is 2.12 bits per heavy atom. The Hall–Kier alpha value is -1.71. The molecule has 0 heterocycles. The van der Waals surface area contributed by atoms with Crippen molar-refractivity contribution < 1.29 is 9.90 Å². The molecule has 1 fully saturated rings. The fraction of sp³-hybridized carbons (Fsp3) is 0.417. The lowest BCUT2D eigenvalue weighted by atomic mass is 10.1. The first-order chi connectivity index (χ1) is 7.50. The maximum Gasteiger partial charge on any atom is 0.337 e. The number of aryl methyl sites for hydroxylation is 1. The zero-order valence-electron chi connectivity index (χ0n) is 9.53. The van der Waals surface area contributed by atoms with E-state index in [1.165, 1.54) is 12.8 Å². The minimum absolute atomic E-state index is 0.197. The van der Waals surface area contributed by atoms with Gasteiger partial charge in [0, 0.05) is 24.5 Å². The lowest BCUT2D eigenvalue weighted by Crippen LogP contribution is -2.20. The van der Waals surface area contributed by atoms with Gasteiger partial charge in [0.15, 0.2) is 0 Å². The predicted octanol–water partition coefficient (Wildman–Crippen LogP) is 1.87. The van der Waals surface area contributed by atoms with Gasteiger partial charge in [0.1, 0.15) is 0 Å². The quantitative estimate of drug-likeness (QED) is 0.763. The first kappa shape index (κ1) is 10.8. The van der Waals surface area contributed by atoms with Gasteiger partial charge in [0.25, 0.3) is 0 Å². The van der Waals surface area contributed by atoms with Crippen molar-refractivity contribution in [2.75, 3.05) is 17.7 Å². The summed E-state index contributed by atoms with van der Waals surface area (Å²) < 4.78 is 0. The van der Waals surface area contributed by atoms with Crippen molar-refractivity contribution in [3.8, 4) is 0 Å². The SMILES string of the molecule is Cc1cc(N(C)C2CC2)cc(C(=O)O)c1N. The van der Waals surface area contributed by atoms with E-state index in [1.54, 1.807) is 6.07 Å².